The number of piperidine rings is 1. The zero-order chi connectivity index (χ0) is 16.4. The van der Waals surface area contributed by atoms with Crippen molar-refractivity contribution < 1.29 is 9.53 Å². The van der Waals surface area contributed by atoms with Gasteiger partial charge in [0.25, 0.3) is 5.91 Å². The molecular formula is C17H22N4O2. The van der Waals surface area contributed by atoms with E-state index < -0.39 is 0 Å². The Balaban J connectivity index is 1.66. The highest BCUT2D eigenvalue weighted by atomic mass is 16.5. The summed E-state index contributed by atoms with van der Waals surface area (Å²) in [4.78, 5) is 19.0. The van der Waals surface area contributed by atoms with Crippen LogP contribution < -0.4 is 4.74 Å². The Morgan fingerprint density at radius 2 is 2.04 bits per heavy atom. The van der Waals surface area contributed by atoms with E-state index >= 15 is 0 Å². The number of methoxy groups -OCH3 is 1. The van der Waals surface area contributed by atoms with Crippen LogP contribution in [-0.4, -0.2) is 46.2 Å². The number of carbonyl (C=O) groups excluding carboxylic acids is 1. The lowest BCUT2D eigenvalue weighted by molar-refractivity contribution is 0.0710. The van der Waals surface area contributed by atoms with Gasteiger partial charge in [-0.05, 0) is 50.5 Å². The van der Waals surface area contributed by atoms with E-state index in [1.165, 1.54) is 0 Å². The Kier molecular flexibility index (Phi) is 4.32. The number of H-pyrrole nitrogens is 1. The second-order valence-corrected chi connectivity index (χ2v) is 6.03. The molecule has 1 aliphatic heterocycles. The SMILES string of the molecule is COc1ccc(C(=O)N2CCC(c3n[nH]c(C)n3)CC2)c(C)c1. The van der Waals surface area contributed by atoms with Crippen LogP contribution in [0.1, 0.15) is 46.3 Å². The molecule has 6 heteroatoms. The van der Waals surface area contributed by atoms with E-state index in [-0.39, 0.29) is 5.91 Å². The number of aromatic nitrogens is 3. The first-order chi connectivity index (χ1) is 11.1. The van der Waals surface area contributed by atoms with Crippen LogP contribution in [0.3, 0.4) is 0 Å². The molecule has 1 aromatic heterocycles. The predicted octanol–water partition coefficient (Wildman–Crippen LogP) is 2.45. The van der Waals surface area contributed by atoms with Crippen LogP contribution in [0.4, 0.5) is 0 Å². The lowest BCUT2D eigenvalue weighted by atomic mass is 9.95. The third-order valence-corrected chi connectivity index (χ3v) is 4.43. The van der Waals surface area contributed by atoms with Crippen molar-refractivity contribution in [3.05, 3.63) is 41.0 Å². The quantitative estimate of drug-likeness (QED) is 0.944. The van der Waals surface area contributed by atoms with Gasteiger partial charge in [0, 0.05) is 24.6 Å². The minimum atomic E-state index is 0.0924. The van der Waals surface area contributed by atoms with Gasteiger partial charge in [0.05, 0.1) is 7.11 Å². The molecule has 0 aliphatic carbocycles. The summed E-state index contributed by atoms with van der Waals surface area (Å²) >= 11 is 0. The van der Waals surface area contributed by atoms with Gasteiger partial charge in [-0.3, -0.25) is 9.89 Å². The van der Waals surface area contributed by atoms with Crippen molar-refractivity contribution in [1.82, 2.24) is 20.1 Å². The number of aryl methyl sites for hydroxylation is 2. The average Bonchev–Trinajstić information content (AvgIpc) is 3.00. The number of hydrogen-bond donors (Lipinski definition) is 1. The summed E-state index contributed by atoms with van der Waals surface area (Å²) in [6.45, 7) is 5.33. The lowest BCUT2D eigenvalue weighted by Crippen LogP contribution is -2.38. The van der Waals surface area contributed by atoms with E-state index in [4.69, 9.17) is 4.74 Å². The standard InChI is InChI=1S/C17H22N4O2/c1-11-10-14(23-3)4-5-15(11)17(22)21-8-6-13(7-9-21)16-18-12(2)19-20-16/h4-5,10,13H,6-9H2,1-3H3,(H,18,19,20). The van der Waals surface area contributed by atoms with Crippen molar-refractivity contribution in [2.24, 2.45) is 0 Å². The summed E-state index contributed by atoms with van der Waals surface area (Å²) in [6.07, 6.45) is 1.80. The highest BCUT2D eigenvalue weighted by Crippen LogP contribution is 2.27. The number of nitrogens with one attached hydrogen (secondary N) is 1. The maximum atomic E-state index is 12.7. The summed E-state index contributed by atoms with van der Waals surface area (Å²) in [5.41, 5.74) is 1.69. The molecule has 0 unspecified atom stereocenters. The maximum absolute atomic E-state index is 12.7. The van der Waals surface area contributed by atoms with Crippen LogP contribution in [0.2, 0.25) is 0 Å². The van der Waals surface area contributed by atoms with Gasteiger partial charge in [-0.2, -0.15) is 5.10 Å². The number of likely N-dealkylation sites (tertiary alicyclic amines) is 1. The van der Waals surface area contributed by atoms with Crippen molar-refractivity contribution in [3.63, 3.8) is 0 Å². The molecule has 1 aliphatic rings. The number of rotatable bonds is 3. The van der Waals surface area contributed by atoms with Gasteiger partial charge in [-0.15, -0.1) is 0 Å². The van der Waals surface area contributed by atoms with Crippen LogP contribution in [-0.2, 0) is 0 Å². The number of ether oxygens (including phenoxy) is 1. The molecule has 0 bridgehead atoms. The molecule has 1 saturated heterocycles. The molecule has 6 nitrogen and oxygen atoms in total. The molecule has 1 aromatic carbocycles. The molecule has 23 heavy (non-hydrogen) atoms. The number of hydrogen-bond acceptors (Lipinski definition) is 4. The lowest BCUT2D eigenvalue weighted by Gasteiger charge is -2.31. The minimum absolute atomic E-state index is 0.0924. The van der Waals surface area contributed by atoms with E-state index in [2.05, 4.69) is 15.2 Å². The van der Waals surface area contributed by atoms with Gasteiger partial charge in [0.15, 0.2) is 5.82 Å². The van der Waals surface area contributed by atoms with E-state index in [1.54, 1.807) is 7.11 Å². The molecule has 2 aromatic rings. The van der Waals surface area contributed by atoms with Gasteiger partial charge in [-0.1, -0.05) is 0 Å². The molecule has 0 radical (unpaired) electrons. The molecule has 1 N–H and O–H groups in total. The van der Waals surface area contributed by atoms with E-state index in [0.717, 1.165) is 54.5 Å². The Labute approximate surface area is 135 Å². The van der Waals surface area contributed by atoms with Gasteiger partial charge >= 0.3 is 0 Å². The van der Waals surface area contributed by atoms with Crippen molar-refractivity contribution in [2.75, 3.05) is 20.2 Å². The third kappa shape index (κ3) is 3.21. The Morgan fingerprint density at radius 3 is 2.61 bits per heavy atom. The van der Waals surface area contributed by atoms with E-state index in [0.29, 0.717) is 5.92 Å². The van der Waals surface area contributed by atoms with Crippen molar-refractivity contribution in [2.45, 2.75) is 32.6 Å². The summed E-state index contributed by atoms with van der Waals surface area (Å²) < 4.78 is 5.20. The number of aromatic amines is 1. The van der Waals surface area contributed by atoms with Crippen molar-refractivity contribution in [3.8, 4) is 5.75 Å². The molecule has 0 spiro atoms. The molecule has 0 atom stereocenters. The van der Waals surface area contributed by atoms with Crippen LogP contribution >= 0.6 is 0 Å². The molecule has 1 amide bonds. The summed E-state index contributed by atoms with van der Waals surface area (Å²) in [6, 6.07) is 5.58. The van der Waals surface area contributed by atoms with Crippen LogP contribution in [0.5, 0.6) is 5.75 Å². The molecule has 0 saturated carbocycles. The molecule has 122 valence electrons. The van der Waals surface area contributed by atoms with Crippen LogP contribution in [0.25, 0.3) is 0 Å². The molecule has 3 rings (SSSR count). The second-order valence-electron chi connectivity index (χ2n) is 6.03. The number of nitrogens with zero attached hydrogens (tertiary/aromatic N) is 3. The molecule has 2 heterocycles. The van der Waals surface area contributed by atoms with Gasteiger partial charge in [0.2, 0.25) is 0 Å². The van der Waals surface area contributed by atoms with Gasteiger partial charge in [0.1, 0.15) is 11.6 Å². The highest BCUT2D eigenvalue weighted by Gasteiger charge is 2.27. The fourth-order valence-electron chi connectivity index (χ4n) is 3.06. The first kappa shape index (κ1) is 15.5. The first-order valence-electron chi connectivity index (χ1n) is 7.91. The average molecular weight is 314 g/mol. The predicted molar refractivity (Wildman–Crippen MR) is 86.7 cm³/mol. The molecular weight excluding hydrogens is 292 g/mol. The Bertz CT molecular complexity index is 702. The van der Waals surface area contributed by atoms with E-state index in [1.807, 2.05) is 36.9 Å². The fraction of sp³-hybridized carbons (Fsp3) is 0.471. The van der Waals surface area contributed by atoms with E-state index in [9.17, 15) is 4.79 Å². The number of benzene rings is 1. The zero-order valence-electron chi connectivity index (χ0n) is 13.8. The zero-order valence-corrected chi connectivity index (χ0v) is 13.8. The van der Waals surface area contributed by atoms with Gasteiger partial charge < -0.3 is 9.64 Å². The smallest absolute Gasteiger partial charge is 0.254 e. The van der Waals surface area contributed by atoms with Crippen LogP contribution in [0.15, 0.2) is 18.2 Å². The van der Waals surface area contributed by atoms with Gasteiger partial charge in [-0.25, -0.2) is 4.98 Å². The number of carbonyl (C=O) groups is 1. The van der Waals surface area contributed by atoms with Crippen LogP contribution in [0, 0.1) is 13.8 Å². The Morgan fingerprint density at radius 1 is 1.30 bits per heavy atom. The summed E-state index contributed by atoms with van der Waals surface area (Å²) in [5, 5.41) is 7.14. The normalized spacial score (nSPS) is 15.7. The third-order valence-electron chi connectivity index (χ3n) is 4.43. The van der Waals surface area contributed by atoms with Crippen molar-refractivity contribution >= 4 is 5.91 Å². The van der Waals surface area contributed by atoms with Crippen molar-refractivity contribution in [1.29, 1.82) is 0 Å². The Hall–Kier alpha value is -2.37. The summed E-state index contributed by atoms with van der Waals surface area (Å²) in [7, 11) is 1.63. The maximum Gasteiger partial charge on any atom is 0.254 e. The first-order valence-corrected chi connectivity index (χ1v) is 7.91. The summed E-state index contributed by atoms with van der Waals surface area (Å²) in [5.74, 6) is 2.91. The monoisotopic (exact) mass is 314 g/mol. The minimum Gasteiger partial charge on any atom is -0.497 e. The second kappa shape index (κ2) is 6.40. The highest BCUT2D eigenvalue weighted by molar-refractivity contribution is 5.95. The largest absolute Gasteiger partial charge is 0.497 e. The topological polar surface area (TPSA) is 71.1 Å². The molecule has 1 fully saturated rings. The number of amides is 1. The fourth-order valence-corrected chi connectivity index (χ4v) is 3.06.